The number of hydrogen-bond donors (Lipinski definition) is 0. The van der Waals surface area contributed by atoms with E-state index < -0.39 is 21.0 Å². The summed E-state index contributed by atoms with van der Waals surface area (Å²) >= 11 is 0. The Morgan fingerprint density at radius 3 is 1.86 bits per heavy atom. The second-order valence-corrected chi connectivity index (χ2v) is 3.65. The summed E-state index contributed by atoms with van der Waals surface area (Å²) in [4.78, 5) is 9.76. The van der Waals surface area contributed by atoms with Crippen molar-refractivity contribution in [3.63, 3.8) is 0 Å². The van der Waals surface area contributed by atoms with Crippen molar-refractivity contribution in [2.75, 3.05) is 0 Å². The average Bonchev–Trinajstić information content (AvgIpc) is 2.03. The Kier molecular flexibility index (Phi) is 4.52. The molecule has 0 aliphatic heterocycles. The molecule has 1 rings (SSSR count). The van der Waals surface area contributed by atoms with E-state index in [1.165, 1.54) is 0 Å². The standard InChI is InChI=1S/C7H6O5S.Mg/c8-7(9)5-1-3-6(4-2-5)13(10,11)12;/h1-4H,(H,8,9)(H,10,11,12);/q;+2/p-2. The van der Waals surface area contributed by atoms with Crippen molar-refractivity contribution in [1.29, 1.82) is 0 Å². The van der Waals surface area contributed by atoms with Gasteiger partial charge in [0.15, 0.2) is 0 Å². The van der Waals surface area contributed by atoms with Gasteiger partial charge in [0, 0.05) is 0 Å². The maximum atomic E-state index is 10.4. The number of hydrogen-bond acceptors (Lipinski definition) is 5. The van der Waals surface area contributed by atoms with Gasteiger partial charge in [-0.05, 0) is 17.7 Å². The fraction of sp³-hybridized carbons (Fsp3) is 0. The van der Waals surface area contributed by atoms with Gasteiger partial charge in [0.1, 0.15) is 10.1 Å². The Balaban J connectivity index is 0.00000169. The maximum Gasteiger partial charge on any atom is 2.00 e. The molecule has 0 unspecified atom stereocenters. The van der Waals surface area contributed by atoms with E-state index in [0.29, 0.717) is 0 Å². The van der Waals surface area contributed by atoms with Crippen LogP contribution in [0.3, 0.4) is 0 Å². The van der Waals surface area contributed by atoms with Crippen LogP contribution in [0.15, 0.2) is 29.2 Å². The third-order valence-corrected chi connectivity index (χ3v) is 2.23. The minimum atomic E-state index is -4.51. The molecule has 70 valence electrons. The number of carbonyl (C=O) groups excluding carboxylic acids is 1. The largest absolute Gasteiger partial charge is 2.00 e. The molecular formula is C7H4MgO5S. The molecule has 5 nitrogen and oxygen atoms in total. The van der Waals surface area contributed by atoms with Crippen molar-refractivity contribution in [1.82, 2.24) is 0 Å². The summed E-state index contributed by atoms with van der Waals surface area (Å²) in [5.41, 5.74) is -0.174. The van der Waals surface area contributed by atoms with E-state index in [-0.39, 0.29) is 28.6 Å². The molecule has 0 aromatic heterocycles. The van der Waals surface area contributed by atoms with Gasteiger partial charge in [-0.1, -0.05) is 12.1 Å². The van der Waals surface area contributed by atoms with Crippen LogP contribution in [0, 0.1) is 0 Å². The zero-order valence-electron chi connectivity index (χ0n) is 6.97. The van der Waals surface area contributed by atoms with Crippen LogP contribution in [0.1, 0.15) is 10.4 Å². The molecule has 0 saturated heterocycles. The maximum absolute atomic E-state index is 10.4. The van der Waals surface area contributed by atoms with Crippen LogP contribution >= 0.6 is 0 Å². The average molecular weight is 224 g/mol. The van der Waals surface area contributed by atoms with Crippen molar-refractivity contribution in [3.05, 3.63) is 29.8 Å². The molecule has 0 bridgehead atoms. The molecule has 7 heteroatoms. The first-order valence-electron chi connectivity index (χ1n) is 3.18. The van der Waals surface area contributed by atoms with Gasteiger partial charge in [-0.15, -0.1) is 0 Å². The van der Waals surface area contributed by atoms with Crippen LogP contribution in [0.25, 0.3) is 0 Å². The molecule has 0 aliphatic rings. The zero-order chi connectivity index (χ0) is 10.1. The Morgan fingerprint density at radius 2 is 1.57 bits per heavy atom. The smallest absolute Gasteiger partial charge is 0.744 e. The van der Waals surface area contributed by atoms with Crippen molar-refractivity contribution < 1.29 is 22.9 Å². The van der Waals surface area contributed by atoms with Crippen molar-refractivity contribution in [2.45, 2.75) is 4.90 Å². The number of aromatic carboxylic acids is 1. The molecule has 0 saturated carbocycles. The van der Waals surface area contributed by atoms with Gasteiger partial charge in [0.25, 0.3) is 0 Å². The Labute approximate surface area is 96.7 Å². The van der Waals surface area contributed by atoms with E-state index in [9.17, 15) is 22.9 Å². The van der Waals surface area contributed by atoms with E-state index in [4.69, 9.17) is 0 Å². The Hall–Kier alpha value is -0.634. The molecule has 1 aromatic carbocycles. The quantitative estimate of drug-likeness (QED) is 0.453. The molecule has 0 fully saturated rings. The summed E-state index contributed by atoms with van der Waals surface area (Å²) in [6.45, 7) is 0. The monoisotopic (exact) mass is 224 g/mol. The van der Waals surface area contributed by atoms with E-state index in [1.807, 2.05) is 0 Å². The summed E-state index contributed by atoms with van der Waals surface area (Å²) < 4.78 is 31.2. The Morgan fingerprint density at radius 1 is 1.14 bits per heavy atom. The van der Waals surface area contributed by atoms with Gasteiger partial charge < -0.3 is 14.5 Å². The molecule has 0 heterocycles. The number of carboxylic acids is 1. The topological polar surface area (TPSA) is 97.3 Å². The molecule has 0 aliphatic carbocycles. The Bertz CT molecular complexity index is 422. The van der Waals surface area contributed by atoms with Gasteiger partial charge in [0.2, 0.25) is 0 Å². The number of carboxylic acid groups (broad SMARTS) is 1. The summed E-state index contributed by atoms with van der Waals surface area (Å²) in [6, 6.07) is 3.85. The van der Waals surface area contributed by atoms with Gasteiger partial charge in [-0.25, -0.2) is 8.42 Å². The molecule has 1 aromatic rings. The fourth-order valence-electron chi connectivity index (χ4n) is 0.758. The van der Waals surface area contributed by atoms with Crippen molar-refractivity contribution >= 4 is 39.1 Å². The minimum absolute atomic E-state index is 0. The van der Waals surface area contributed by atoms with Crippen LogP contribution in [0.4, 0.5) is 0 Å². The molecule has 0 N–H and O–H groups in total. The van der Waals surface area contributed by atoms with Crippen molar-refractivity contribution in [2.24, 2.45) is 0 Å². The van der Waals surface area contributed by atoms with Crippen LogP contribution in [-0.2, 0) is 10.1 Å². The number of benzene rings is 1. The predicted molar refractivity (Wildman–Crippen MR) is 44.5 cm³/mol. The SMILES string of the molecule is O=C([O-])c1ccc(S(=O)(=O)[O-])cc1.[Mg+2]. The van der Waals surface area contributed by atoms with E-state index in [0.717, 1.165) is 24.3 Å². The third-order valence-electron chi connectivity index (χ3n) is 1.38. The molecule has 0 atom stereocenters. The number of rotatable bonds is 2. The molecule has 0 radical (unpaired) electrons. The minimum Gasteiger partial charge on any atom is -0.744 e. The second kappa shape index (κ2) is 4.74. The summed E-state index contributed by atoms with van der Waals surface area (Å²) in [5.74, 6) is -1.42. The first-order valence-corrected chi connectivity index (χ1v) is 4.59. The third kappa shape index (κ3) is 3.26. The van der Waals surface area contributed by atoms with E-state index in [2.05, 4.69) is 0 Å². The molecule has 0 spiro atoms. The molecular weight excluding hydrogens is 220 g/mol. The second-order valence-electron chi connectivity index (χ2n) is 2.27. The van der Waals surface area contributed by atoms with Crippen LogP contribution in [0.2, 0.25) is 0 Å². The summed E-state index contributed by atoms with van der Waals surface area (Å²) in [5, 5.41) is 10.2. The van der Waals surface area contributed by atoms with Gasteiger partial charge in [0.05, 0.1) is 10.9 Å². The fourth-order valence-corrected chi connectivity index (χ4v) is 1.23. The summed E-state index contributed by atoms with van der Waals surface area (Å²) in [7, 11) is -4.51. The van der Waals surface area contributed by atoms with Crippen LogP contribution < -0.4 is 5.11 Å². The van der Waals surface area contributed by atoms with Crippen LogP contribution in [0.5, 0.6) is 0 Å². The van der Waals surface area contributed by atoms with Crippen molar-refractivity contribution in [3.8, 4) is 0 Å². The normalized spacial score (nSPS) is 10.4. The first kappa shape index (κ1) is 13.4. The zero-order valence-corrected chi connectivity index (χ0v) is 9.20. The van der Waals surface area contributed by atoms with Gasteiger partial charge in [-0.3, -0.25) is 0 Å². The van der Waals surface area contributed by atoms with Gasteiger partial charge >= 0.3 is 23.1 Å². The van der Waals surface area contributed by atoms with Crippen LogP contribution in [-0.4, -0.2) is 42.0 Å². The predicted octanol–water partition coefficient (Wildman–Crippen LogP) is -1.43. The first-order chi connectivity index (χ1) is 5.91. The summed E-state index contributed by atoms with van der Waals surface area (Å²) in [6.07, 6.45) is 0. The molecule has 0 amide bonds. The number of carbonyl (C=O) groups is 1. The van der Waals surface area contributed by atoms with Gasteiger partial charge in [-0.2, -0.15) is 0 Å². The van der Waals surface area contributed by atoms with E-state index >= 15 is 0 Å². The van der Waals surface area contributed by atoms with E-state index in [1.54, 1.807) is 0 Å². The molecule has 14 heavy (non-hydrogen) atoms.